The van der Waals surface area contributed by atoms with E-state index >= 15 is 0 Å². The smallest absolute Gasteiger partial charge is 0.0989 e. The van der Waals surface area contributed by atoms with E-state index in [4.69, 9.17) is 5.11 Å². The lowest BCUT2D eigenvalue weighted by atomic mass is 10.3. The largest absolute Gasteiger partial charge is 0.512 e. The Labute approximate surface area is 43.0 Å². The van der Waals surface area contributed by atoms with Crippen LogP contribution in [0.4, 0.5) is 0 Å². The minimum absolute atomic E-state index is 0.514. The molecule has 1 aliphatic carbocycles. The lowest BCUT2D eigenvalue weighted by Crippen LogP contribution is -1.73. The van der Waals surface area contributed by atoms with Gasteiger partial charge < -0.3 is 5.11 Å². The Balaban J connectivity index is 2.79. The van der Waals surface area contributed by atoms with Gasteiger partial charge >= 0.3 is 0 Å². The molecule has 0 heterocycles. The van der Waals surface area contributed by atoms with E-state index in [-0.39, 0.29) is 0 Å². The SMILES string of the molecule is CC1=C(O)CC=C1. The fourth-order valence-corrected chi connectivity index (χ4v) is 0.605. The predicted molar refractivity (Wildman–Crippen MR) is 29.1 cm³/mol. The molecule has 0 atom stereocenters. The Bertz CT molecular complexity index is 131. The second-order valence-electron chi connectivity index (χ2n) is 1.74. The highest BCUT2D eigenvalue weighted by Gasteiger charge is 1.99. The molecule has 7 heavy (non-hydrogen) atoms. The van der Waals surface area contributed by atoms with Crippen LogP contribution in [-0.2, 0) is 0 Å². The maximum atomic E-state index is 8.81. The standard InChI is InChI=1S/C6H8O/c1-5-3-2-4-6(5)7/h2-3,7H,4H2,1H3. The van der Waals surface area contributed by atoms with Gasteiger partial charge in [0.1, 0.15) is 0 Å². The molecule has 1 heteroatoms. The zero-order valence-electron chi connectivity index (χ0n) is 4.31. The van der Waals surface area contributed by atoms with Crippen LogP contribution < -0.4 is 0 Å². The van der Waals surface area contributed by atoms with Gasteiger partial charge in [0.05, 0.1) is 5.76 Å². The fraction of sp³-hybridized carbons (Fsp3) is 0.333. The third kappa shape index (κ3) is 0.660. The highest BCUT2D eigenvalue weighted by molar-refractivity contribution is 5.27. The lowest BCUT2D eigenvalue weighted by molar-refractivity contribution is 0.400. The molecule has 0 saturated carbocycles. The summed E-state index contributed by atoms with van der Waals surface area (Å²) in [5.41, 5.74) is 1.00. The van der Waals surface area contributed by atoms with Crippen LogP contribution in [0.15, 0.2) is 23.5 Å². The van der Waals surface area contributed by atoms with Crippen LogP contribution in [0.2, 0.25) is 0 Å². The second-order valence-corrected chi connectivity index (χ2v) is 1.74. The summed E-state index contributed by atoms with van der Waals surface area (Å²) in [5, 5.41) is 8.81. The van der Waals surface area contributed by atoms with Gasteiger partial charge in [0.2, 0.25) is 0 Å². The van der Waals surface area contributed by atoms with Crippen molar-refractivity contribution in [2.45, 2.75) is 13.3 Å². The molecule has 0 fully saturated rings. The topological polar surface area (TPSA) is 20.2 Å². The number of aliphatic hydroxyl groups is 1. The maximum Gasteiger partial charge on any atom is 0.0989 e. The van der Waals surface area contributed by atoms with E-state index in [0.29, 0.717) is 5.76 Å². The van der Waals surface area contributed by atoms with Crippen molar-refractivity contribution in [1.29, 1.82) is 0 Å². The molecule has 0 radical (unpaired) electrons. The number of hydrogen-bond donors (Lipinski definition) is 1. The van der Waals surface area contributed by atoms with E-state index in [9.17, 15) is 0 Å². The molecule has 1 nitrogen and oxygen atoms in total. The van der Waals surface area contributed by atoms with Crippen LogP contribution in [-0.4, -0.2) is 5.11 Å². The number of allylic oxidation sites excluding steroid dienone is 3. The molecule has 0 aromatic rings. The molecule has 0 spiro atoms. The Hall–Kier alpha value is -0.720. The molecule has 1 rings (SSSR count). The zero-order valence-corrected chi connectivity index (χ0v) is 4.31. The van der Waals surface area contributed by atoms with Crippen molar-refractivity contribution < 1.29 is 5.11 Å². The van der Waals surface area contributed by atoms with Crippen molar-refractivity contribution >= 4 is 0 Å². The van der Waals surface area contributed by atoms with Crippen molar-refractivity contribution in [3.63, 3.8) is 0 Å². The van der Waals surface area contributed by atoms with Gasteiger partial charge in [-0.1, -0.05) is 12.2 Å². The summed E-state index contributed by atoms with van der Waals surface area (Å²) in [6, 6.07) is 0. The average molecular weight is 96.1 g/mol. The van der Waals surface area contributed by atoms with Gasteiger partial charge in [-0.3, -0.25) is 0 Å². The highest BCUT2D eigenvalue weighted by atomic mass is 16.3. The monoisotopic (exact) mass is 96.1 g/mol. The van der Waals surface area contributed by atoms with Crippen molar-refractivity contribution in [3.05, 3.63) is 23.5 Å². The number of rotatable bonds is 0. The van der Waals surface area contributed by atoms with Crippen molar-refractivity contribution in [1.82, 2.24) is 0 Å². The van der Waals surface area contributed by atoms with Gasteiger partial charge in [-0.25, -0.2) is 0 Å². The number of aliphatic hydroxyl groups excluding tert-OH is 1. The Morgan fingerprint density at radius 3 is 2.57 bits per heavy atom. The third-order valence-electron chi connectivity index (χ3n) is 1.13. The van der Waals surface area contributed by atoms with Crippen molar-refractivity contribution in [2.75, 3.05) is 0 Å². The molecule has 0 aliphatic heterocycles. The Kier molecular flexibility index (Phi) is 0.895. The van der Waals surface area contributed by atoms with Gasteiger partial charge in [0.15, 0.2) is 0 Å². The molecule has 0 amide bonds. The Morgan fingerprint density at radius 1 is 1.71 bits per heavy atom. The second kappa shape index (κ2) is 1.41. The normalized spacial score (nSPS) is 19.0. The Morgan fingerprint density at radius 2 is 2.43 bits per heavy atom. The third-order valence-corrected chi connectivity index (χ3v) is 1.13. The first-order valence-electron chi connectivity index (χ1n) is 2.36. The summed E-state index contributed by atoms with van der Waals surface area (Å²) in [4.78, 5) is 0. The molecule has 1 N–H and O–H groups in total. The maximum absolute atomic E-state index is 8.81. The minimum atomic E-state index is 0.514. The molecule has 0 saturated heterocycles. The van der Waals surface area contributed by atoms with Crippen LogP contribution in [0.3, 0.4) is 0 Å². The van der Waals surface area contributed by atoms with Crippen molar-refractivity contribution in [2.24, 2.45) is 0 Å². The summed E-state index contributed by atoms with van der Waals surface area (Å²) < 4.78 is 0. The van der Waals surface area contributed by atoms with E-state index in [1.54, 1.807) is 0 Å². The number of hydrogen-bond acceptors (Lipinski definition) is 1. The van der Waals surface area contributed by atoms with E-state index in [2.05, 4.69) is 0 Å². The van der Waals surface area contributed by atoms with Crippen LogP contribution in [0.1, 0.15) is 13.3 Å². The quantitative estimate of drug-likeness (QED) is 0.487. The minimum Gasteiger partial charge on any atom is -0.512 e. The summed E-state index contributed by atoms with van der Waals surface area (Å²) >= 11 is 0. The molecule has 0 bridgehead atoms. The zero-order chi connectivity index (χ0) is 5.28. The summed E-state index contributed by atoms with van der Waals surface area (Å²) in [6.45, 7) is 1.90. The van der Waals surface area contributed by atoms with Crippen LogP contribution in [0.25, 0.3) is 0 Å². The first kappa shape index (κ1) is 4.44. The van der Waals surface area contributed by atoms with Crippen LogP contribution in [0.5, 0.6) is 0 Å². The first-order valence-corrected chi connectivity index (χ1v) is 2.36. The molecule has 1 aliphatic rings. The molecular weight excluding hydrogens is 88.1 g/mol. The van der Waals surface area contributed by atoms with Gasteiger partial charge in [0, 0.05) is 6.42 Å². The average Bonchev–Trinajstić information content (AvgIpc) is 1.91. The van der Waals surface area contributed by atoms with Gasteiger partial charge in [-0.15, -0.1) is 0 Å². The molecule has 0 aromatic carbocycles. The van der Waals surface area contributed by atoms with E-state index in [1.165, 1.54) is 0 Å². The highest BCUT2D eigenvalue weighted by Crippen LogP contribution is 2.13. The van der Waals surface area contributed by atoms with E-state index in [0.717, 1.165) is 12.0 Å². The molecule has 0 unspecified atom stereocenters. The fourth-order valence-electron chi connectivity index (χ4n) is 0.605. The first-order chi connectivity index (χ1) is 3.30. The lowest BCUT2D eigenvalue weighted by Gasteiger charge is -1.87. The van der Waals surface area contributed by atoms with Gasteiger partial charge in [-0.2, -0.15) is 0 Å². The summed E-state index contributed by atoms with van der Waals surface area (Å²) in [7, 11) is 0. The predicted octanol–water partition coefficient (Wildman–Crippen LogP) is 1.78. The van der Waals surface area contributed by atoms with Crippen molar-refractivity contribution in [3.8, 4) is 0 Å². The molecule has 0 aromatic heterocycles. The van der Waals surface area contributed by atoms with Crippen LogP contribution >= 0.6 is 0 Å². The summed E-state index contributed by atoms with van der Waals surface area (Å²) in [5.74, 6) is 0.514. The van der Waals surface area contributed by atoms with Gasteiger partial charge in [-0.05, 0) is 12.5 Å². The molecule has 38 valence electrons. The van der Waals surface area contributed by atoms with Gasteiger partial charge in [0.25, 0.3) is 0 Å². The summed E-state index contributed by atoms with van der Waals surface area (Å²) in [6.07, 6.45) is 4.60. The van der Waals surface area contributed by atoms with E-state index < -0.39 is 0 Å². The molecular formula is C6H8O. The van der Waals surface area contributed by atoms with Crippen LogP contribution in [0, 0.1) is 0 Å². The van der Waals surface area contributed by atoms with E-state index in [1.807, 2.05) is 19.1 Å².